The number of carbonyl (C=O) groups excluding carboxylic acids is 1. The van der Waals surface area contributed by atoms with Crippen LogP contribution in [0.2, 0.25) is 0 Å². The first-order valence-electron chi connectivity index (χ1n) is 9.39. The third-order valence-electron chi connectivity index (χ3n) is 4.60. The van der Waals surface area contributed by atoms with Gasteiger partial charge in [-0.25, -0.2) is 4.98 Å². The van der Waals surface area contributed by atoms with Crippen LogP contribution in [0.1, 0.15) is 28.8 Å². The largest absolute Gasteiger partial charge is 0.493 e. The molecule has 1 aromatic carbocycles. The maximum atomic E-state index is 12.4. The second-order valence-corrected chi connectivity index (χ2v) is 6.51. The Hall–Kier alpha value is -2.80. The molecule has 28 heavy (non-hydrogen) atoms. The summed E-state index contributed by atoms with van der Waals surface area (Å²) in [5.41, 5.74) is 1.58. The Morgan fingerprint density at radius 1 is 1.14 bits per heavy atom. The van der Waals surface area contributed by atoms with Crippen molar-refractivity contribution in [2.75, 3.05) is 34.0 Å². The van der Waals surface area contributed by atoms with Gasteiger partial charge in [-0.2, -0.15) is 0 Å². The number of pyridine rings is 1. The number of carbonyl (C=O) groups is 1. The number of aromatic nitrogens is 1. The summed E-state index contributed by atoms with van der Waals surface area (Å²) in [5, 5.41) is 2.93. The Labute approximate surface area is 165 Å². The van der Waals surface area contributed by atoms with Crippen LogP contribution in [0.25, 0.3) is 0 Å². The highest BCUT2D eigenvalue weighted by Gasteiger charge is 2.16. The van der Waals surface area contributed by atoms with Crippen LogP contribution in [0.15, 0.2) is 36.5 Å². The molecule has 0 saturated carbocycles. The fourth-order valence-electron chi connectivity index (χ4n) is 3.04. The van der Waals surface area contributed by atoms with Gasteiger partial charge in [0.1, 0.15) is 6.10 Å². The molecule has 1 aliphatic heterocycles. The molecule has 0 radical (unpaired) electrons. The van der Waals surface area contributed by atoms with Gasteiger partial charge in [0.15, 0.2) is 11.5 Å². The van der Waals surface area contributed by atoms with E-state index in [9.17, 15) is 4.79 Å². The van der Waals surface area contributed by atoms with E-state index in [4.69, 9.17) is 18.9 Å². The fraction of sp³-hybridized carbons (Fsp3) is 0.429. The first-order chi connectivity index (χ1) is 13.7. The number of methoxy groups -OCH3 is 2. The Bertz CT molecular complexity index is 790. The standard InChI is InChI=1S/C21H26N2O5/c1-25-18-4-3-15(13-19(18)26-2)5-9-23-21(24)16-6-10-22-20(14-16)28-17-7-11-27-12-8-17/h3-4,6,10,13-14,17H,5,7-9,11-12H2,1-2H3,(H,23,24). The van der Waals surface area contributed by atoms with Crippen LogP contribution < -0.4 is 19.5 Å². The molecule has 2 aromatic rings. The van der Waals surface area contributed by atoms with E-state index in [0.717, 1.165) is 18.4 Å². The van der Waals surface area contributed by atoms with E-state index in [1.165, 1.54) is 0 Å². The number of ether oxygens (including phenoxy) is 4. The normalized spacial score (nSPS) is 14.4. The third kappa shape index (κ3) is 5.36. The summed E-state index contributed by atoms with van der Waals surface area (Å²) < 4.78 is 21.7. The predicted octanol–water partition coefficient (Wildman–Crippen LogP) is 2.63. The molecule has 0 aliphatic carbocycles. The Balaban J connectivity index is 1.52. The van der Waals surface area contributed by atoms with E-state index < -0.39 is 0 Å². The van der Waals surface area contributed by atoms with Gasteiger partial charge in [0, 0.05) is 37.2 Å². The summed E-state index contributed by atoms with van der Waals surface area (Å²) in [6, 6.07) is 9.10. The summed E-state index contributed by atoms with van der Waals surface area (Å²) in [5.74, 6) is 1.68. The van der Waals surface area contributed by atoms with Crippen LogP contribution in [0.5, 0.6) is 17.4 Å². The summed E-state index contributed by atoms with van der Waals surface area (Å²) in [6.45, 7) is 1.90. The molecule has 7 nitrogen and oxygen atoms in total. The lowest BCUT2D eigenvalue weighted by Gasteiger charge is -2.22. The van der Waals surface area contributed by atoms with Crippen LogP contribution >= 0.6 is 0 Å². The molecule has 1 aromatic heterocycles. The SMILES string of the molecule is COc1ccc(CCNC(=O)c2ccnc(OC3CCOCC3)c2)cc1OC. The van der Waals surface area contributed by atoms with E-state index in [1.807, 2.05) is 18.2 Å². The van der Waals surface area contributed by atoms with Gasteiger partial charge in [-0.15, -0.1) is 0 Å². The van der Waals surface area contributed by atoms with E-state index in [-0.39, 0.29) is 12.0 Å². The number of amides is 1. The molecule has 0 spiro atoms. The first-order valence-corrected chi connectivity index (χ1v) is 9.39. The molecular weight excluding hydrogens is 360 g/mol. The summed E-state index contributed by atoms with van der Waals surface area (Å²) in [6.07, 6.45) is 4.04. The van der Waals surface area contributed by atoms with Gasteiger partial charge in [0.2, 0.25) is 5.88 Å². The molecule has 0 bridgehead atoms. The molecule has 1 fully saturated rings. The van der Waals surface area contributed by atoms with Crippen LogP contribution in [0.3, 0.4) is 0 Å². The molecule has 1 N–H and O–H groups in total. The molecule has 3 rings (SSSR count). The maximum absolute atomic E-state index is 12.4. The van der Waals surface area contributed by atoms with Crippen LogP contribution in [-0.4, -0.2) is 51.0 Å². The topological polar surface area (TPSA) is 78.9 Å². The summed E-state index contributed by atoms with van der Waals surface area (Å²) in [7, 11) is 3.21. The zero-order valence-corrected chi connectivity index (χ0v) is 16.3. The highest BCUT2D eigenvalue weighted by molar-refractivity contribution is 5.94. The van der Waals surface area contributed by atoms with Crippen molar-refractivity contribution in [1.29, 1.82) is 0 Å². The summed E-state index contributed by atoms with van der Waals surface area (Å²) >= 11 is 0. The lowest BCUT2D eigenvalue weighted by molar-refractivity contribution is 0.0237. The highest BCUT2D eigenvalue weighted by atomic mass is 16.5. The predicted molar refractivity (Wildman–Crippen MR) is 104 cm³/mol. The van der Waals surface area contributed by atoms with E-state index >= 15 is 0 Å². The Morgan fingerprint density at radius 3 is 2.68 bits per heavy atom. The first kappa shape index (κ1) is 19.9. The fourth-order valence-corrected chi connectivity index (χ4v) is 3.04. The molecule has 2 heterocycles. The van der Waals surface area contributed by atoms with Crippen LogP contribution in [-0.2, 0) is 11.2 Å². The number of hydrogen-bond acceptors (Lipinski definition) is 6. The monoisotopic (exact) mass is 386 g/mol. The lowest BCUT2D eigenvalue weighted by Crippen LogP contribution is -2.27. The molecular formula is C21H26N2O5. The Kier molecular flexibility index (Phi) is 7.08. The number of rotatable bonds is 8. The minimum Gasteiger partial charge on any atom is -0.493 e. The Morgan fingerprint density at radius 2 is 1.93 bits per heavy atom. The lowest BCUT2D eigenvalue weighted by atomic mass is 10.1. The average Bonchev–Trinajstić information content (AvgIpc) is 2.74. The minimum absolute atomic E-state index is 0.0876. The zero-order chi connectivity index (χ0) is 19.8. The van der Waals surface area contributed by atoms with E-state index in [2.05, 4.69) is 10.3 Å². The number of benzene rings is 1. The number of nitrogens with one attached hydrogen (secondary N) is 1. The number of hydrogen-bond donors (Lipinski definition) is 1. The average molecular weight is 386 g/mol. The number of nitrogens with zero attached hydrogens (tertiary/aromatic N) is 1. The molecule has 0 atom stereocenters. The van der Waals surface area contributed by atoms with Gasteiger partial charge in [-0.3, -0.25) is 4.79 Å². The van der Waals surface area contributed by atoms with Gasteiger partial charge in [0.25, 0.3) is 5.91 Å². The molecule has 1 saturated heterocycles. The smallest absolute Gasteiger partial charge is 0.251 e. The molecule has 7 heteroatoms. The van der Waals surface area contributed by atoms with Gasteiger partial charge >= 0.3 is 0 Å². The summed E-state index contributed by atoms with van der Waals surface area (Å²) in [4.78, 5) is 16.7. The van der Waals surface area contributed by atoms with Crippen molar-refractivity contribution in [3.63, 3.8) is 0 Å². The second-order valence-electron chi connectivity index (χ2n) is 6.51. The van der Waals surface area contributed by atoms with Crippen molar-refractivity contribution in [2.45, 2.75) is 25.4 Å². The zero-order valence-electron chi connectivity index (χ0n) is 16.3. The third-order valence-corrected chi connectivity index (χ3v) is 4.60. The molecule has 1 aliphatic rings. The van der Waals surface area contributed by atoms with Gasteiger partial charge in [-0.05, 0) is 30.2 Å². The van der Waals surface area contributed by atoms with E-state index in [1.54, 1.807) is 32.5 Å². The van der Waals surface area contributed by atoms with Crippen molar-refractivity contribution < 1.29 is 23.7 Å². The molecule has 1 amide bonds. The van der Waals surface area contributed by atoms with Crippen LogP contribution in [0, 0.1) is 0 Å². The maximum Gasteiger partial charge on any atom is 0.251 e. The molecule has 0 unspecified atom stereocenters. The van der Waals surface area contributed by atoms with Gasteiger partial charge in [-0.1, -0.05) is 6.07 Å². The van der Waals surface area contributed by atoms with Crippen molar-refractivity contribution in [2.24, 2.45) is 0 Å². The van der Waals surface area contributed by atoms with Gasteiger partial charge in [0.05, 0.1) is 27.4 Å². The van der Waals surface area contributed by atoms with Crippen molar-refractivity contribution in [1.82, 2.24) is 10.3 Å². The van der Waals surface area contributed by atoms with E-state index in [0.29, 0.717) is 49.1 Å². The highest BCUT2D eigenvalue weighted by Crippen LogP contribution is 2.27. The van der Waals surface area contributed by atoms with Crippen molar-refractivity contribution in [3.8, 4) is 17.4 Å². The van der Waals surface area contributed by atoms with Crippen molar-refractivity contribution in [3.05, 3.63) is 47.7 Å². The minimum atomic E-state index is -0.153. The molecule has 150 valence electrons. The van der Waals surface area contributed by atoms with Crippen LogP contribution in [0.4, 0.5) is 0 Å². The second kappa shape index (κ2) is 9.94. The van der Waals surface area contributed by atoms with Gasteiger partial charge < -0.3 is 24.3 Å². The quantitative estimate of drug-likeness (QED) is 0.751. The van der Waals surface area contributed by atoms with Crippen molar-refractivity contribution >= 4 is 5.91 Å².